The van der Waals surface area contributed by atoms with Crippen LogP contribution < -0.4 is 0 Å². The van der Waals surface area contributed by atoms with Gasteiger partial charge in [-0.2, -0.15) is 4.89 Å². The van der Waals surface area contributed by atoms with Crippen LogP contribution in [0.25, 0.3) is 0 Å². The zero-order valence-electron chi connectivity index (χ0n) is 7.38. The van der Waals surface area contributed by atoms with E-state index in [1.165, 1.54) is 0 Å². The molecule has 0 bridgehead atoms. The molecule has 1 unspecified atom stereocenters. The molecule has 6 heteroatoms. The van der Waals surface area contributed by atoms with Crippen molar-refractivity contribution in [1.82, 2.24) is 0 Å². The molecule has 0 fully saturated rings. The minimum absolute atomic E-state index is 0.321. The Morgan fingerprint density at radius 3 is 2.54 bits per heavy atom. The molecule has 0 saturated heterocycles. The molecular formula is C7H12O6. The molecule has 1 atom stereocenters. The van der Waals surface area contributed by atoms with Crippen molar-refractivity contribution >= 4 is 0 Å². The van der Waals surface area contributed by atoms with Crippen LogP contribution in [0.4, 0.5) is 0 Å². The molecule has 0 rings (SSSR count). The van der Waals surface area contributed by atoms with Gasteiger partial charge < -0.3 is 0 Å². The predicted octanol–water partition coefficient (Wildman–Crippen LogP) is 1.72. The smallest absolute Gasteiger partial charge is 0.112 e. The van der Waals surface area contributed by atoms with Crippen molar-refractivity contribution in [1.29, 1.82) is 0 Å². The van der Waals surface area contributed by atoms with Crippen LogP contribution >= 0.6 is 0 Å². The third-order valence-corrected chi connectivity index (χ3v) is 0.963. The molecule has 0 aliphatic heterocycles. The summed E-state index contributed by atoms with van der Waals surface area (Å²) in [5, 5.41) is 21.8. The molecule has 0 aliphatic carbocycles. The molecule has 13 heavy (non-hydrogen) atoms. The molecule has 0 aliphatic rings. The molecule has 0 amide bonds. The first-order chi connectivity index (χ1) is 6.31. The molecule has 0 aromatic heterocycles. The van der Waals surface area contributed by atoms with Gasteiger partial charge in [-0.1, -0.05) is 24.3 Å². The van der Waals surface area contributed by atoms with Crippen molar-refractivity contribution in [2.45, 2.75) is 20.0 Å². The average Bonchev–Trinajstić information content (AvgIpc) is 2.13. The van der Waals surface area contributed by atoms with Crippen molar-refractivity contribution in [3.63, 3.8) is 0 Å². The minimum atomic E-state index is -0.321. The highest BCUT2D eigenvalue weighted by atomic mass is 17.8. The standard InChI is InChI=1S/C7H12O6/c1-3-4-5-6-7(2)9-11-13-12-10-8/h3-8H,1-2H3/b4-3+,6-5+. The summed E-state index contributed by atoms with van der Waals surface area (Å²) in [7, 11) is 0. The van der Waals surface area contributed by atoms with E-state index in [2.05, 4.69) is 25.0 Å². The highest BCUT2D eigenvalue weighted by Gasteiger charge is 1.97. The lowest BCUT2D eigenvalue weighted by Gasteiger charge is -2.02. The van der Waals surface area contributed by atoms with Crippen LogP contribution in [0, 0.1) is 0 Å². The maximum atomic E-state index is 7.60. The van der Waals surface area contributed by atoms with Crippen molar-refractivity contribution in [3.05, 3.63) is 24.3 Å². The summed E-state index contributed by atoms with van der Waals surface area (Å²) in [4.78, 5) is 4.53. The Morgan fingerprint density at radius 1 is 1.15 bits per heavy atom. The lowest BCUT2D eigenvalue weighted by Crippen LogP contribution is -2.06. The van der Waals surface area contributed by atoms with Crippen LogP contribution in [-0.4, -0.2) is 11.4 Å². The second kappa shape index (κ2) is 9.33. The first-order valence-corrected chi connectivity index (χ1v) is 3.57. The van der Waals surface area contributed by atoms with Crippen molar-refractivity contribution in [3.8, 4) is 0 Å². The summed E-state index contributed by atoms with van der Waals surface area (Å²) in [6, 6.07) is 0. The lowest BCUT2D eigenvalue weighted by atomic mass is 10.3. The third kappa shape index (κ3) is 9.15. The number of hydrogen-bond donors (Lipinski definition) is 1. The molecule has 76 valence electrons. The van der Waals surface area contributed by atoms with E-state index in [1.807, 2.05) is 19.1 Å². The van der Waals surface area contributed by atoms with E-state index in [0.717, 1.165) is 0 Å². The zero-order valence-corrected chi connectivity index (χ0v) is 7.38. The molecule has 0 aromatic rings. The van der Waals surface area contributed by atoms with Crippen LogP contribution in [0.5, 0.6) is 0 Å². The van der Waals surface area contributed by atoms with Gasteiger partial charge in [-0.05, 0) is 34.0 Å². The fourth-order valence-electron chi connectivity index (χ4n) is 0.466. The van der Waals surface area contributed by atoms with Crippen LogP contribution in [0.3, 0.4) is 0 Å². The monoisotopic (exact) mass is 192 g/mol. The van der Waals surface area contributed by atoms with Crippen molar-refractivity contribution in [2.24, 2.45) is 0 Å². The van der Waals surface area contributed by atoms with Gasteiger partial charge in [0.15, 0.2) is 0 Å². The van der Waals surface area contributed by atoms with Crippen LogP contribution in [0.1, 0.15) is 13.8 Å². The molecule has 0 radical (unpaired) electrons. The van der Waals surface area contributed by atoms with Crippen molar-refractivity contribution < 1.29 is 30.3 Å². The molecular weight excluding hydrogens is 180 g/mol. The Labute approximate surface area is 75.6 Å². The molecule has 0 heterocycles. The fourth-order valence-corrected chi connectivity index (χ4v) is 0.466. The molecule has 0 spiro atoms. The van der Waals surface area contributed by atoms with E-state index in [4.69, 9.17) is 5.26 Å². The van der Waals surface area contributed by atoms with Gasteiger partial charge in [0, 0.05) is 0 Å². The van der Waals surface area contributed by atoms with Gasteiger partial charge in [-0.3, -0.25) is 0 Å². The van der Waals surface area contributed by atoms with Crippen LogP contribution in [0.15, 0.2) is 24.3 Å². The summed E-state index contributed by atoms with van der Waals surface area (Å²) in [5.41, 5.74) is 0. The molecule has 1 N–H and O–H groups in total. The van der Waals surface area contributed by atoms with Crippen molar-refractivity contribution in [2.75, 3.05) is 0 Å². The largest absolute Gasteiger partial charge is 0.219 e. The van der Waals surface area contributed by atoms with Gasteiger partial charge in [0.05, 0.1) is 0 Å². The Morgan fingerprint density at radius 2 is 1.92 bits per heavy atom. The van der Waals surface area contributed by atoms with E-state index in [9.17, 15) is 0 Å². The van der Waals surface area contributed by atoms with Gasteiger partial charge >= 0.3 is 0 Å². The van der Waals surface area contributed by atoms with Crippen LogP contribution in [0.2, 0.25) is 0 Å². The average molecular weight is 192 g/mol. The normalized spacial score (nSPS) is 14.4. The Balaban J connectivity index is 3.34. The molecule has 0 aromatic carbocycles. The summed E-state index contributed by atoms with van der Waals surface area (Å²) in [6.45, 7) is 3.60. The zero-order chi connectivity index (χ0) is 9.94. The first-order valence-electron chi connectivity index (χ1n) is 3.57. The number of hydrogen-bond acceptors (Lipinski definition) is 6. The van der Waals surface area contributed by atoms with Gasteiger partial charge in [0.2, 0.25) is 0 Å². The minimum Gasteiger partial charge on any atom is -0.219 e. The summed E-state index contributed by atoms with van der Waals surface area (Å²) in [6.07, 6.45) is 6.86. The van der Waals surface area contributed by atoms with E-state index in [-0.39, 0.29) is 6.10 Å². The highest BCUT2D eigenvalue weighted by molar-refractivity contribution is 5.02. The van der Waals surface area contributed by atoms with E-state index in [0.29, 0.717) is 0 Å². The lowest BCUT2D eigenvalue weighted by molar-refractivity contribution is -0.754. The number of allylic oxidation sites excluding steroid dienone is 3. The van der Waals surface area contributed by atoms with E-state index >= 15 is 0 Å². The topological polar surface area (TPSA) is 66.4 Å². The number of rotatable bonds is 7. The summed E-state index contributed by atoms with van der Waals surface area (Å²) in [5.74, 6) is 0. The maximum absolute atomic E-state index is 7.60. The van der Waals surface area contributed by atoms with Gasteiger partial charge in [0.25, 0.3) is 0 Å². The van der Waals surface area contributed by atoms with E-state index < -0.39 is 0 Å². The maximum Gasteiger partial charge on any atom is 0.112 e. The first kappa shape index (κ1) is 12.2. The van der Waals surface area contributed by atoms with Gasteiger partial charge in [0.1, 0.15) is 6.10 Å². The summed E-state index contributed by atoms with van der Waals surface area (Å²) < 4.78 is 0. The Kier molecular flexibility index (Phi) is 8.78. The van der Waals surface area contributed by atoms with E-state index in [1.54, 1.807) is 19.1 Å². The highest BCUT2D eigenvalue weighted by Crippen LogP contribution is 1.95. The Bertz CT molecular complexity index is 155. The second-order valence-electron chi connectivity index (χ2n) is 1.99. The van der Waals surface area contributed by atoms with Crippen LogP contribution in [-0.2, 0) is 25.0 Å². The molecule has 0 saturated carbocycles. The third-order valence-electron chi connectivity index (χ3n) is 0.963. The Hall–Kier alpha value is -0.760. The molecule has 6 nitrogen and oxygen atoms in total. The summed E-state index contributed by atoms with van der Waals surface area (Å²) >= 11 is 0. The predicted molar refractivity (Wildman–Crippen MR) is 41.5 cm³/mol. The SMILES string of the molecule is C/C=C/C=C/C(C)OOOOOO. The van der Waals surface area contributed by atoms with Gasteiger partial charge in [-0.15, -0.1) is 0 Å². The fraction of sp³-hybridized carbons (Fsp3) is 0.429. The second-order valence-corrected chi connectivity index (χ2v) is 1.99. The van der Waals surface area contributed by atoms with Gasteiger partial charge in [-0.25, -0.2) is 5.26 Å². The quantitative estimate of drug-likeness (QED) is 0.287.